The smallest absolute Gasteiger partial charge is 0.224 e. The van der Waals surface area contributed by atoms with Gasteiger partial charge in [-0.25, -0.2) is 14.4 Å². The fourth-order valence-electron chi connectivity index (χ4n) is 3.41. The molecule has 1 fully saturated rings. The van der Waals surface area contributed by atoms with E-state index in [1.807, 2.05) is 4.90 Å². The van der Waals surface area contributed by atoms with Gasteiger partial charge in [0.25, 0.3) is 0 Å². The van der Waals surface area contributed by atoms with Crippen LogP contribution in [0.2, 0.25) is 0 Å². The maximum atomic E-state index is 13.3. The van der Waals surface area contributed by atoms with Gasteiger partial charge in [0.2, 0.25) is 11.8 Å². The van der Waals surface area contributed by atoms with Crippen molar-refractivity contribution in [1.29, 1.82) is 0 Å². The number of aromatic nitrogens is 2. The summed E-state index contributed by atoms with van der Waals surface area (Å²) >= 11 is 0. The molecule has 0 spiro atoms. The lowest BCUT2D eigenvalue weighted by atomic mass is 10.1. The van der Waals surface area contributed by atoms with E-state index in [2.05, 4.69) is 28.7 Å². The summed E-state index contributed by atoms with van der Waals surface area (Å²) in [6, 6.07) is 6.28. The molecule has 1 aromatic carbocycles. The Morgan fingerprint density at radius 1 is 1.29 bits per heavy atom. The summed E-state index contributed by atoms with van der Waals surface area (Å²) in [6.45, 7) is 8.06. The van der Waals surface area contributed by atoms with Crippen LogP contribution in [-0.4, -0.2) is 46.5 Å². The Bertz CT molecular complexity index is 830. The number of nitrogens with zero attached hydrogens (tertiary/aromatic N) is 4. The molecule has 1 aliphatic rings. The molecule has 0 saturated carbocycles. The van der Waals surface area contributed by atoms with Gasteiger partial charge in [-0.05, 0) is 44.0 Å². The Labute approximate surface area is 165 Å². The number of carbonyl (C=O) groups excluding carboxylic acids is 1. The van der Waals surface area contributed by atoms with Crippen molar-refractivity contribution in [3.05, 3.63) is 42.0 Å². The van der Waals surface area contributed by atoms with E-state index in [0.29, 0.717) is 43.2 Å². The molecule has 0 unspecified atom stereocenters. The zero-order chi connectivity index (χ0) is 20.1. The van der Waals surface area contributed by atoms with E-state index >= 15 is 0 Å². The number of rotatable bonds is 6. The normalized spacial score (nSPS) is 16.9. The first-order valence-corrected chi connectivity index (χ1v) is 9.78. The number of ether oxygens (including phenoxy) is 1. The second kappa shape index (κ2) is 8.99. The van der Waals surface area contributed by atoms with Crippen LogP contribution in [-0.2, 0) is 4.79 Å². The molecule has 0 aliphatic carbocycles. The van der Waals surface area contributed by atoms with Gasteiger partial charge in [0.05, 0.1) is 0 Å². The number of anilines is 1. The maximum Gasteiger partial charge on any atom is 0.224 e. The number of benzene rings is 1. The number of hydrogen-bond acceptors (Lipinski definition) is 5. The third-order valence-electron chi connectivity index (χ3n) is 5.00. The Kier molecular flexibility index (Phi) is 6.44. The number of amides is 1. The van der Waals surface area contributed by atoms with Gasteiger partial charge in [0.15, 0.2) is 0 Å². The topological polar surface area (TPSA) is 58.6 Å². The first kappa shape index (κ1) is 20.0. The molecule has 0 bridgehead atoms. The molecule has 1 atom stereocenters. The molecule has 0 N–H and O–H groups in total. The second-order valence-electron chi connectivity index (χ2n) is 7.21. The number of unbranched alkanes of at least 4 members (excludes halogenated alkanes) is 1. The highest BCUT2D eigenvalue weighted by Gasteiger charge is 2.27. The highest BCUT2D eigenvalue weighted by molar-refractivity contribution is 5.76. The van der Waals surface area contributed by atoms with E-state index in [4.69, 9.17) is 4.74 Å². The monoisotopic (exact) mass is 386 g/mol. The Hall–Kier alpha value is -2.70. The highest BCUT2D eigenvalue weighted by atomic mass is 19.1. The Morgan fingerprint density at radius 2 is 2.11 bits per heavy atom. The second-order valence-corrected chi connectivity index (χ2v) is 7.21. The van der Waals surface area contributed by atoms with Crippen LogP contribution in [0.3, 0.4) is 0 Å². The lowest BCUT2D eigenvalue weighted by molar-refractivity contribution is -0.133. The number of aryl methyl sites for hydroxylation is 1. The first-order valence-electron chi connectivity index (χ1n) is 9.78. The molecule has 2 aromatic rings. The molecule has 150 valence electrons. The largest absolute Gasteiger partial charge is 0.439 e. The highest BCUT2D eigenvalue weighted by Crippen LogP contribution is 2.26. The first-order chi connectivity index (χ1) is 13.5. The van der Waals surface area contributed by atoms with Crippen molar-refractivity contribution in [2.75, 3.05) is 24.5 Å². The lowest BCUT2D eigenvalue weighted by Gasteiger charge is -2.40. The van der Waals surface area contributed by atoms with Crippen LogP contribution < -0.4 is 9.64 Å². The predicted molar refractivity (Wildman–Crippen MR) is 106 cm³/mol. The minimum Gasteiger partial charge on any atom is -0.439 e. The van der Waals surface area contributed by atoms with Crippen molar-refractivity contribution in [3.63, 3.8) is 0 Å². The summed E-state index contributed by atoms with van der Waals surface area (Å²) in [5, 5.41) is 0. The van der Waals surface area contributed by atoms with Crippen LogP contribution in [0.1, 0.15) is 38.7 Å². The van der Waals surface area contributed by atoms with Crippen LogP contribution >= 0.6 is 0 Å². The van der Waals surface area contributed by atoms with Crippen molar-refractivity contribution in [2.45, 2.75) is 46.1 Å². The van der Waals surface area contributed by atoms with Gasteiger partial charge in [-0.15, -0.1) is 0 Å². The quantitative estimate of drug-likeness (QED) is 0.753. The average molecular weight is 386 g/mol. The fourth-order valence-corrected chi connectivity index (χ4v) is 3.41. The van der Waals surface area contributed by atoms with Gasteiger partial charge in [0, 0.05) is 38.2 Å². The molecule has 7 heteroatoms. The predicted octanol–water partition coefficient (Wildman–Crippen LogP) is 3.94. The lowest BCUT2D eigenvalue weighted by Crippen LogP contribution is -2.54. The van der Waals surface area contributed by atoms with Gasteiger partial charge >= 0.3 is 0 Å². The fraction of sp³-hybridized carbons (Fsp3) is 0.476. The summed E-state index contributed by atoms with van der Waals surface area (Å²) in [5.74, 6) is 1.66. The standard InChI is InChI=1S/C21H27FN4O2/c1-4-5-6-21(27)26-10-9-25(13-16(26)3)19-12-20(24-14-23-19)28-18-8-7-17(22)11-15(18)2/h7-8,11-12,14,16H,4-6,9-10,13H2,1-3H3/t16-/m0/s1. The van der Waals surface area contributed by atoms with Crippen LogP contribution in [0, 0.1) is 12.7 Å². The van der Waals surface area contributed by atoms with Gasteiger partial charge in [-0.1, -0.05) is 13.3 Å². The Balaban J connectivity index is 1.67. The number of hydrogen-bond donors (Lipinski definition) is 0. The minimum absolute atomic E-state index is 0.122. The zero-order valence-electron chi connectivity index (χ0n) is 16.7. The molecule has 1 aromatic heterocycles. The van der Waals surface area contributed by atoms with Crippen molar-refractivity contribution >= 4 is 11.7 Å². The molecule has 0 radical (unpaired) electrons. The molecule has 2 heterocycles. The molecule has 3 rings (SSSR count). The van der Waals surface area contributed by atoms with Gasteiger partial charge in [-0.3, -0.25) is 4.79 Å². The van der Waals surface area contributed by atoms with E-state index < -0.39 is 0 Å². The van der Waals surface area contributed by atoms with E-state index in [1.165, 1.54) is 18.5 Å². The number of carbonyl (C=O) groups is 1. The summed E-state index contributed by atoms with van der Waals surface area (Å²) in [5.41, 5.74) is 0.702. The molecular formula is C21H27FN4O2. The van der Waals surface area contributed by atoms with Crippen LogP contribution in [0.4, 0.5) is 10.2 Å². The van der Waals surface area contributed by atoms with Crippen molar-refractivity contribution in [1.82, 2.24) is 14.9 Å². The van der Waals surface area contributed by atoms with Gasteiger partial charge in [-0.2, -0.15) is 0 Å². The molecule has 1 amide bonds. The number of halogens is 1. The van der Waals surface area contributed by atoms with Crippen LogP contribution in [0.5, 0.6) is 11.6 Å². The summed E-state index contributed by atoms with van der Waals surface area (Å²) in [6.07, 6.45) is 4.04. The summed E-state index contributed by atoms with van der Waals surface area (Å²) in [4.78, 5) is 25.0. The Morgan fingerprint density at radius 3 is 2.82 bits per heavy atom. The van der Waals surface area contributed by atoms with Crippen molar-refractivity contribution < 1.29 is 13.9 Å². The van der Waals surface area contributed by atoms with Gasteiger partial charge < -0.3 is 14.5 Å². The van der Waals surface area contributed by atoms with Crippen LogP contribution in [0.25, 0.3) is 0 Å². The van der Waals surface area contributed by atoms with E-state index in [9.17, 15) is 9.18 Å². The van der Waals surface area contributed by atoms with E-state index in [1.54, 1.807) is 19.1 Å². The van der Waals surface area contributed by atoms with Crippen molar-refractivity contribution in [2.24, 2.45) is 0 Å². The third-order valence-corrected chi connectivity index (χ3v) is 5.00. The zero-order valence-corrected chi connectivity index (χ0v) is 16.7. The minimum atomic E-state index is -0.298. The van der Waals surface area contributed by atoms with E-state index in [0.717, 1.165) is 18.7 Å². The molecule has 6 nitrogen and oxygen atoms in total. The molecule has 1 saturated heterocycles. The molecular weight excluding hydrogens is 359 g/mol. The third kappa shape index (κ3) is 4.77. The summed E-state index contributed by atoms with van der Waals surface area (Å²) in [7, 11) is 0. The molecule has 28 heavy (non-hydrogen) atoms. The number of piperazine rings is 1. The van der Waals surface area contributed by atoms with Crippen LogP contribution in [0.15, 0.2) is 30.6 Å². The van der Waals surface area contributed by atoms with E-state index in [-0.39, 0.29) is 17.8 Å². The van der Waals surface area contributed by atoms with Crippen molar-refractivity contribution in [3.8, 4) is 11.6 Å². The maximum absolute atomic E-state index is 13.3. The average Bonchev–Trinajstić information content (AvgIpc) is 2.68. The summed E-state index contributed by atoms with van der Waals surface area (Å²) < 4.78 is 19.1. The SMILES string of the molecule is CCCCC(=O)N1CCN(c2cc(Oc3ccc(F)cc3C)ncn2)C[C@@H]1C. The molecule has 1 aliphatic heterocycles. The van der Waals surface area contributed by atoms with Gasteiger partial charge in [0.1, 0.15) is 23.7 Å².